The van der Waals surface area contributed by atoms with E-state index in [0.717, 1.165) is 6.42 Å². The van der Waals surface area contributed by atoms with Crippen LogP contribution >= 0.6 is 23.2 Å². The van der Waals surface area contributed by atoms with Gasteiger partial charge in [0.25, 0.3) is 11.8 Å². The minimum absolute atomic E-state index is 0.0275. The van der Waals surface area contributed by atoms with Crippen molar-refractivity contribution in [2.45, 2.75) is 13.3 Å². The van der Waals surface area contributed by atoms with Crippen molar-refractivity contribution in [2.75, 3.05) is 23.4 Å². The number of benzene rings is 2. The lowest BCUT2D eigenvalue weighted by atomic mass is 10.1. The molecule has 1 heterocycles. The van der Waals surface area contributed by atoms with Gasteiger partial charge >= 0.3 is 0 Å². The maximum atomic E-state index is 12.4. The lowest BCUT2D eigenvalue weighted by Gasteiger charge is -2.29. The van der Waals surface area contributed by atoms with Gasteiger partial charge in [0.05, 0.1) is 5.69 Å². The number of hydrogen-bond donors (Lipinski definition) is 1. The van der Waals surface area contributed by atoms with E-state index >= 15 is 0 Å². The van der Waals surface area contributed by atoms with Crippen molar-refractivity contribution < 1.29 is 14.3 Å². The number of carbonyl (C=O) groups excluding carboxylic acids is 2. The summed E-state index contributed by atoms with van der Waals surface area (Å²) in [6.45, 7) is 2.62. The quantitative estimate of drug-likeness (QED) is 0.858. The summed E-state index contributed by atoms with van der Waals surface area (Å²) in [6, 6.07) is 9.83. The Morgan fingerprint density at radius 2 is 1.92 bits per heavy atom. The third kappa shape index (κ3) is 3.89. The van der Waals surface area contributed by atoms with Crippen molar-refractivity contribution in [3.8, 4) is 5.75 Å². The number of nitrogens with one attached hydrogen (secondary N) is 1. The Morgan fingerprint density at radius 3 is 2.60 bits per heavy atom. The molecule has 0 bridgehead atoms. The van der Waals surface area contributed by atoms with Gasteiger partial charge < -0.3 is 15.0 Å². The van der Waals surface area contributed by atoms with E-state index in [0.29, 0.717) is 39.3 Å². The van der Waals surface area contributed by atoms with Gasteiger partial charge in [-0.2, -0.15) is 0 Å². The first-order valence-electron chi connectivity index (χ1n) is 7.82. The summed E-state index contributed by atoms with van der Waals surface area (Å²) in [4.78, 5) is 26.2. The molecule has 0 saturated heterocycles. The molecule has 0 aliphatic carbocycles. The van der Waals surface area contributed by atoms with E-state index in [4.69, 9.17) is 27.9 Å². The van der Waals surface area contributed by atoms with Crippen molar-refractivity contribution >= 4 is 46.4 Å². The number of nitrogens with zero attached hydrogens (tertiary/aromatic N) is 1. The molecule has 2 aromatic carbocycles. The third-order valence-electron chi connectivity index (χ3n) is 3.73. The second-order valence-electron chi connectivity index (χ2n) is 5.63. The van der Waals surface area contributed by atoms with Crippen LogP contribution in [0.2, 0.25) is 10.0 Å². The molecule has 2 amide bonds. The summed E-state index contributed by atoms with van der Waals surface area (Å²) < 4.78 is 5.45. The zero-order chi connectivity index (χ0) is 18.0. The topological polar surface area (TPSA) is 58.6 Å². The van der Waals surface area contributed by atoms with Gasteiger partial charge in [0.1, 0.15) is 5.75 Å². The van der Waals surface area contributed by atoms with Crippen LogP contribution in [0, 0.1) is 0 Å². The van der Waals surface area contributed by atoms with Crippen LogP contribution in [0.3, 0.4) is 0 Å². The Balaban J connectivity index is 1.86. The Bertz CT molecular complexity index is 819. The molecular weight excluding hydrogens is 363 g/mol. The molecule has 1 N–H and O–H groups in total. The normalized spacial score (nSPS) is 13.2. The van der Waals surface area contributed by atoms with Gasteiger partial charge in [0, 0.05) is 27.8 Å². The highest BCUT2D eigenvalue weighted by Gasteiger charge is 2.25. The molecule has 0 atom stereocenters. The minimum atomic E-state index is -0.338. The molecule has 0 spiro atoms. The van der Waals surface area contributed by atoms with Gasteiger partial charge in [0.2, 0.25) is 0 Å². The van der Waals surface area contributed by atoms with Crippen LogP contribution in [0.1, 0.15) is 23.7 Å². The molecule has 7 heteroatoms. The lowest BCUT2D eigenvalue weighted by molar-refractivity contribution is -0.121. The molecule has 5 nitrogen and oxygen atoms in total. The Kier molecular flexibility index (Phi) is 5.16. The van der Waals surface area contributed by atoms with Gasteiger partial charge in [-0.25, -0.2) is 0 Å². The average Bonchev–Trinajstić information content (AvgIpc) is 2.57. The van der Waals surface area contributed by atoms with Crippen LogP contribution in [0.15, 0.2) is 36.4 Å². The van der Waals surface area contributed by atoms with Gasteiger partial charge in [-0.1, -0.05) is 30.1 Å². The van der Waals surface area contributed by atoms with Crippen LogP contribution in [0.25, 0.3) is 0 Å². The maximum Gasteiger partial charge on any atom is 0.265 e. The second kappa shape index (κ2) is 7.33. The summed E-state index contributed by atoms with van der Waals surface area (Å²) in [5.41, 5.74) is 1.56. The fraction of sp³-hybridized carbons (Fsp3) is 0.222. The van der Waals surface area contributed by atoms with E-state index in [1.54, 1.807) is 29.2 Å². The standard InChI is InChI=1S/C18H16Cl2N2O3/c1-2-5-22-15-9-14(3-4-16(15)25-10-17(22)23)21-18(24)11-6-12(19)8-13(20)7-11/h3-4,6-9H,2,5,10H2,1H3,(H,21,24). The first-order valence-corrected chi connectivity index (χ1v) is 8.58. The van der Waals surface area contributed by atoms with Crippen LogP contribution in [0.4, 0.5) is 11.4 Å². The summed E-state index contributed by atoms with van der Waals surface area (Å²) in [5.74, 6) is 0.186. The number of anilines is 2. The molecule has 0 saturated carbocycles. The molecule has 1 aliphatic rings. The second-order valence-corrected chi connectivity index (χ2v) is 6.50. The first kappa shape index (κ1) is 17.6. The van der Waals surface area contributed by atoms with Crippen molar-refractivity contribution in [3.63, 3.8) is 0 Å². The molecule has 3 rings (SSSR count). The summed E-state index contributed by atoms with van der Waals surface area (Å²) in [5, 5.41) is 3.56. The maximum absolute atomic E-state index is 12.4. The van der Waals surface area contributed by atoms with Gasteiger partial charge in [-0.05, 0) is 42.8 Å². The minimum Gasteiger partial charge on any atom is -0.482 e. The Morgan fingerprint density at radius 1 is 1.20 bits per heavy atom. The molecule has 2 aromatic rings. The summed E-state index contributed by atoms with van der Waals surface area (Å²) in [7, 11) is 0. The van der Waals surface area contributed by atoms with E-state index in [1.807, 2.05) is 6.92 Å². The highest BCUT2D eigenvalue weighted by Crippen LogP contribution is 2.35. The monoisotopic (exact) mass is 378 g/mol. The molecule has 0 unspecified atom stereocenters. The number of carbonyl (C=O) groups is 2. The van der Waals surface area contributed by atoms with E-state index in [-0.39, 0.29) is 18.4 Å². The zero-order valence-electron chi connectivity index (χ0n) is 13.5. The molecule has 1 aliphatic heterocycles. The highest BCUT2D eigenvalue weighted by atomic mass is 35.5. The van der Waals surface area contributed by atoms with Gasteiger partial charge in [-0.15, -0.1) is 0 Å². The Labute approximate surface area is 155 Å². The fourth-order valence-corrected chi connectivity index (χ4v) is 3.16. The van der Waals surface area contributed by atoms with Crippen LogP contribution < -0.4 is 15.0 Å². The number of amides is 2. The number of ether oxygens (including phenoxy) is 1. The fourth-order valence-electron chi connectivity index (χ4n) is 2.64. The molecule has 0 aromatic heterocycles. The van der Waals surface area contributed by atoms with Crippen LogP contribution in [-0.2, 0) is 4.79 Å². The Hall–Kier alpha value is -2.24. The van der Waals surface area contributed by atoms with Crippen molar-refractivity contribution in [2.24, 2.45) is 0 Å². The predicted molar refractivity (Wildman–Crippen MR) is 99.0 cm³/mol. The highest BCUT2D eigenvalue weighted by molar-refractivity contribution is 6.35. The van der Waals surface area contributed by atoms with E-state index in [1.165, 1.54) is 12.1 Å². The number of halogens is 2. The smallest absolute Gasteiger partial charge is 0.265 e. The van der Waals surface area contributed by atoms with Gasteiger partial charge in [0.15, 0.2) is 6.61 Å². The van der Waals surface area contributed by atoms with Crippen LogP contribution in [-0.4, -0.2) is 25.0 Å². The predicted octanol–water partition coefficient (Wildman–Crippen LogP) is 4.38. The molecular formula is C18H16Cl2N2O3. The largest absolute Gasteiger partial charge is 0.482 e. The number of hydrogen-bond acceptors (Lipinski definition) is 3. The van der Waals surface area contributed by atoms with Crippen molar-refractivity contribution in [1.82, 2.24) is 0 Å². The molecule has 0 radical (unpaired) electrons. The molecule has 0 fully saturated rings. The molecule has 25 heavy (non-hydrogen) atoms. The van der Waals surface area contributed by atoms with Crippen LogP contribution in [0.5, 0.6) is 5.75 Å². The summed E-state index contributed by atoms with van der Waals surface area (Å²) in [6.07, 6.45) is 0.822. The molecule has 130 valence electrons. The van der Waals surface area contributed by atoms with E-state index in [2.05, 4.69) is 5.32 Å². The van der Waals surface area contributed by atoms with Gasteiger partial charge in [-0.3, -0.25) is 9.59 Å². The SMILES string of the molecule is CCCN1C(=O)COc2ccc(NC(=O)c3cc(Cl)cc(Cl)c3)cc21. The van der Waals surface area contributed by atoms with Crippen molar-refractivity contribution in [3.05, 3.63) is 52.0 Å². The first-order chi connectivity index (χ1) is 12.0. The summed E-state index contributed by atoms with van der Waals surface area (Å²) >= 11 is 11.9. The van der Waals surface area contributed by atoms with Crippen molar-refractivity contribution in [1.29, 1.82) is 0 Å². The third-order valence-corrected chi connectivity index (χ3v) is 4.17. The van der Waals surface area contributed by atoms with E-state index in [9.17, 15) is 9.59 Å². The van der Waals surface area contributed by atoms with E-state index < -0.39 is 0 Å². The number of rotatable bonds is 4. The average molecular weight is 379 g/mol. The number of fused-ring (bicyclic) bond motifs is 1. The lowest BCUT2D eigenvalue weighted by Crippen LogP contribution is -2.39. The zero-order valence-corrected chi connectivity index (χ0v) is 15.0.